The molecular formula is C41H52ClN7O7Si. The Bertz CT molecular complexity index is 2290. The van der Waals surface area contributed by atoms with Gasteiger partial charge in [0, 0.05) is 24.4 Å². The van der Waals surface area contributed by atoms with Gasteiger partial charge in [-0.05, 0) is 108 Å². The maximum atomic E-state index is 14.4. The Kier molecular flexibility index (Phi) is 9.72. The largest absolute Gasteiger partial charge is 0.497 e. The molecule has 1 saturated heterocycles. The Balaban J connectivity index is 1.21. The molecule has 7 rings (SSSR count). The number of hydrogen-bond acceptors (Lipinski definition) is 12. The van der Waals surface area contributed by atoms with E-state index in [1.54, 1.807) is 60.8 Å². The van der Waals surface area contributed by atoms with Crippen LogP contribution in [0.15, 0.2) is 42.7 Å². The summed E-state index contributed by atoms with van der Waals surface area (Å²) in [5.74, 6) is 1.08. The number of carbonyl (C=O) groups excluding carboxylic acids is 3. The Hall–Kier alpha value is -4.73. The predicted octanol–water partition coefficient (Wildman–Crippen LogP) is 8.93. The van der Waals surface area contributed by atoms with Crippen LogP contribution in [-0.4, -0.2) is 83.7 Å². The summed E-state index contributed by atoms with van der Waals surface area (Å²) in [7, 11) is -0.387. The maximum Gasteiger partial charge on any atom is 0.435 e. The normalized spacial score (nSPS) is 19.8. The van der Waals surface area contributed by atoms with Crippen LogP contribution in [0.1, 0.15) is 85.8 Å². The zero-order valence-corrected chi connectivity index (χ0v) is 36.5. The highest BCUT2D eigenvalue weighted by molar-refractivity contribution is 6.74. The van der Waals surface area contributed by atoms with E-state index in [-0.39, 0.29) is 23.0 Å². The molecular weight excluding hydrogens is 766 g/mol. The zero-order chi connectivity index (χ0) is 41.6. The van der Waals surface area contributed by atoms with Crippen molar-refractivity contribution in [2.24, 2.45) is 0 Å². The second-order valence-corrected chi connectivity index (χ2v) is 23.8. The highest BCUT2D eigenvalue weighted by Crippen LogP contribution is 2.67. The molecule has 0 radical (unpaired) electrons. The Morgan fingerprint density at radius 1 is 0.912 bits per heavy atom. The minimum Gasteiger partial charge on any atom is -0.497 e. The molecule has 1 aliphatic carbocycles. The monoisotopic (exact) mass is 817 g/mol. The van der Waals surface area contributed by atoms with E-state index in [0.29, 0.717) is 69.9 Å². The molecule has 304 valence electrons. The number of benzene rings is 2. The van der Waals surface area contributed by atoms with Crippen molar-refractivity contribution in [2.45, 2.75) is 116 Å². The average Bonchev–Trinajstić information content (AvgIpc) is 3.66. The van der Waals surface area contributed by atoms with E-state index in [1.165, 1.54) is 11.0 Å². The van der Waals surface area contributed by atoms with Gasteiger partial charge in [0.1, 0.15) is 28.3 Å². The fourth-order valence-electron chi connectivity index (χ4n) is 7.25. The first-order valence-electron chi connectivity index (χ1n) is 19.2. The molecule has 1 N–H and O–H groups in total. The summed E-state index contributed by atoms with van der Waals surface area (Å²) < 4.78 is 24.8. The molecule has 2 amide bonds. The summed E-state index contributed by atoms with van der Waals surface area (Å²) in [5, 5.41) is 8.93. The highest BCUT2D eigenvalue weighted by atomic mass is 35.5. The smallest absolute Gasteiger partial charge is 0.435 e. The van der Waals surface area contributed by atoms with Gasteiger partial charge in [-0.25, -0.2) is 24.5 Å². The van der Waals surface area contributed by atoms with Crippen LogP contribution < -0.4 is 19.9 Å². The number of aromatic nitrogens is 4. The van der Waals surface area contributed by atoms with E-state index in [4.69, 9.17) is 30.2 Å². The number of fused-ring (bicyclic) bond motifs is 3. The van der Waals surface area contributed by atoms with Crippen LogP contribution in [0, 0.1) is 0 Å². The van der Waals surface area contributed by atoms with E-state index in [2.05, 4.69) is 59.1 Å². The molecule has 1 spiro atoms. The standard InChI is InChI=1S/C41H52ClN7O7Si/c1-38(2,3)54-36(51)48-29-16-14-24(53-10)18-27(29)41(35(48)50)19-28(41)23-13-15-26-30(17-23)49(37(52)55-39(4,5)6)46-32(26)45-33-31(42)34(44-22-43-33)47-20-25(21-47)56-57(11,12)40(7,8)9/h13-18,22,25,28H,19-21H2,1-12H3,(H,43,44,45,46)/t28-,41-/m0/s1. The van der Waals surface area contributed by atoms with Crippen LogP contribution >= 0.6 is 11.6 Å². The number of ether oxygens (including phenoxy) is 3. The van der Waals surface area contributed by atoms with Crippen LogP contribution in [0.5, 0.6) is 5.75 Å². The van der Waals surface area contributed by atoms with Crippen LogP contribution in [0.2, 0.25) is 23.2 Å². The van der Waals surface area contributed by atoms with Gasteiger partial charge in [-0.3, -0.25) is 4.79 Å². The zero-order valence-electron chi connectivity index (χ0n) is 34.7. The molecule has 3 aliphatic rings. The molecule has 4 aromatic rings. The molecule has 4 heterocycles. The van der Waals surface area contributed by atoms with Crippen LogP contribution in [0.3, 0.4) is 0 Å². The summed E-state index contributed by atoms with van der Waals surface area (Å²) in [5.41, 5.74) is -0.286. The van der Waals surface area contributed by atoms with Crippen molar-refractivity contribution in [3.8, 4) is 5.75 Å². The second kappa shape index (κ2) is 13.7. The third kappa shape index (κ3) is 7.33. The summed E-state index contributed by atoms with van der Waals surface area (Å²) in [6.45, 7) is 23.1. The van der Waals surface area contributed by atoms with Crippen LogP contribution in [-0.2, 0) is 24.1 Å². The minimum absolute atomic E-state index is 0.0806. The quantitative estimate of drug-likeness (QED) is 0.177. The van der Waals surface area contributed by atoms with Gasteiger partial charge in [-0.15, -0.1) is 5.10 Å². The number of hydrogen-bond donors (Lipinski definition) is 1. The molecule has 2 atom stereocenters. The number of halogens is 1. The third-order valence-corrected chi connectivity index (χ3v) is 16.0. The molecule has 14 nitrogen and oxygen atoms in total. The topological polar surface area (TPSA) is 150 Å². The van der Waals surface area contributed by atoms with Gasteiger partial charge in [-0.2, -0.15) is 4.68 Å². The van der Waals surface area contributed by atoms with Crippen molar-refractivity contribution >= 4 is 72.1 Å². The fourth-order valence-corrected chi connectivity index (χ4v) is 8.85. The second-order valence-electron chi connectivity index (χ2n) is 18.6. The Morgan fingerprint density at radius 2 is 1.58 bits per heavy atom. The van der Waals surface area contributed by atoms with E-state index >= 15 is 0 Å². The van der Waals surface area contributed by atoms with Gasteiger partial charge in [0.2, 0.25) is 5.91 Å². The number of amides is 2. The molecule has 57 heavy (non-hydrogen) atoms. The van der Waals surface area contributed by atoms with Gasteiger partial charge in [0.25, 0.3) is 0 Å². The molecule has 0 bridgehead atoms. The first kappa shape index (κ1) is 40.5. The highest BCUT2D eigenvalue weighted by Gasteiger charge is 2.68. The van der Waals surface area contributed by atoms with Crippen LogP contribution in [0.4, 0.5) is 32.7 Å². The van der Waals surface area contributed by atoms with Gasteiger partial charge in [0.15, 0.2) is 25.8 Å². The minimum atomic E-state index is -1.94. The molecule has 1 saturated carbocycles. The lowest BCUT2D eigenvalue weighted by Gasteiger charge is -2.46. The van der Waals surface area contributed by atoms with Gasteiger partial charge >= 0.3 is 12.2 Å². The molecule has 2 aromatic heterocycles. The predicted molar refractivity (Wildman–Crippen MR) is 222 cm³/mol. The number of imide groups is 1. The Labute approximate surface area is 339 Å². The number of rotatable bonds is 7. The average molecular weight is 818 g/mol. The first-order valence-corrected chi connectivity index (χ1v) is 22.4. The fraction of sp³-hybridized carbons (Fsp3) is 0.512. The van der Waals surface area contributed by atoms with E-state index in [0.717, 1.165) is 10.5 Å². The lowest BCUT2D eigenvalue weighted by molar-refractivity contribution is -0.120. The van der Waals surface area contributed by atoms with Crippen LogP contribution in [0.25, 0.3) is 10.9 Å². The summed E-state index contributed by atoms with van der Waals surface area (Å²) in [6, 6.07) is 10.8. The van der Waals surface area contributed by atoms with Crippen molar-refractivity contribution in [3.05, 3.63) is 58.9 Å². The van der Waals surface area contributed by atoms with Gasteiger partial charge in [0.05, 0.1) is 29.8 Å². The van der Waals surface area contributed by atoms with E-state index in [9.17, 15) is 14.4 Å². The first-order chi connectivity index (χ1) is 26.4. The third-order valence-electron chi connectivity index (χ3n) is 11.1. The lowest BCUT2D eigenvalue weighted by Crippen LogP contribution is -2.58. The number of carbonyl (C=O) groups is 3. The number of nitrogens with one attached hydrogen (secondary N) is 1. The summed E-state index contributed by atoms with van der Waals surface area (Å²) in [6.07, 6.45) is 0.525. The van der Waals surface area contributed by atoms with Crippen molar-refractivity contribution < 1.29 is 33.0 Å². The number of anilines is 4. The van der Waals surface area contributed by atoms with Gasteiger partial charge < -0.3 is 28.9 Å². The summed E-state index contributed by atoms with van der Waals surface area (Å²) >= 11 is 6.95. The van der Waals surface area contributed by atoms with Crippen molar-refractivity contribution in [1.82, 2.24) is 19.7 Å². The SMILES string of the molecule is COc1ccc2c(c1)[C@]1(C[C@H]1c1ccc3c(Nc4ncnc(N5CC(O[Si](C)(C)C(C)(C)C)C5)c4Cl)nn(C(=O)OC(C)(C)C)c3c1)C(=O)N2C(=O)OC(C)(C)C. The molecule has 2 fully saturated rings. The van der Waals surface area contributed by atoms with Crippen molar-refractivity contribution in [3.63, 3.8) is 0 Å². The maximum absolute atomic E-state index is 14.4. The summed E-state index contributed by atoms with van der Waals surface area (Å²) in [4.78, 5) is 53.7. The van der Waals surface area contributed by atoms with Gasteiger partial charge in [-0.1, -0.05) is 38.4 Å². The van der Waals surface area contributed by atoms with E-state index in [1.807, 2.05) is 24.3 Å². The lowest BCUT2D eigenvalue weighted by atomic mass is 9.91. The molecule has 2 aromatic carbocycles. The van der Waals surface area contributed by atoms with Crippen molar-refractivity contribution in [2.75, 3.05) is 35.3 Å². The number of nitrogens with zero attached hydrogens (tertiary/aromatic N) is 6. The molecule has 2 aliphatic heterocycles. The molecule has 0 unspecified atom stereocenters. The number of methoxy groups -OCH3 is 1. The molecule has 16 heteroatoms. The van der Waals surface area contributed by atoms with E-state index < -0.39 is 37.1 Å². The van der Waals surface area contributed by atoms with Crippen molar-refractivity contribution in [1.29, 1.82) is 0 Å². The Morgan fingerprint density at radius 3 is 2.21 bits per heavy atom.